The molecule has 0 bridgehead atoms. The molecule has 3 rings (SSSR count). The number of nitrogens with one attached hydrogen (secondary N) is 1. The van der Waals surface area contributed by atoms with Crippen molar-refractivity contribution in [1.82, 2.24) is 9.78 Å². The van der Waals surface area contributed by atoms with Crippen molar-refractivity contribution in [2.45, 2.75) is 20.8 Å². The molecule has 0 saturated carbocycles. The van der Waals surface area contributed by atoms with Crippen molar-refractivity contribution in [2.24, 2.45) is 7.05 Å². The van der Waals surface area contributed by atoms with Gasteiger partial charge in [-0.15, -0.1) is 0 Å². The van der Waals surface area contributed by atoms with E-state index in [2.05, 4.69) is 10.4 Å². The number of aromatic nitrogens is 2. The number of nitrogens with zero attached hydrogens (tertiary/aromatic N) is 2. The number of carbonyl (C=O) groups excluding carboxylic acids is 1. The fraction of sp³-hybridized carbons (Fsp3) is 0.211. The molecule has 0 atom stereocenters. The van der Waals surface area contributed by atoms with Gasteiger partial charge in [0.25, 0.3) is 5.91 Å². The minimum absolute atomic E-state index is 0.100. The Morgan fingerprint density at radius 3 is 2.62 bits per heavy atom. The molecule has 0 radical (unpaired) electrons. The van der Waals surface area contributed by atoms with Crippen LogP contribution in [-0.4, -0.2) is 15.7 Å². The summed E-state index contributed by atoms with van der Waals surface area (Å²) in [6.45, 7) is 5.82. The van der Waals surface area contributed by atoms with Crippen LogP contribution >= 0.6 is 0 Å². The van der Waals surface area contributed by atoms with Gasteiger partial charge in [-0.2, -0.15) is 5.10 Å². The molecule has 1 heterocycles. The number of benzene rings is 2. The highest BCUT2D eigenvalue weighted by Crippen LogP contribution is 2.18. The molecular formula is C19H19N3O2. The van der Waals surface area contributed by atoms with Crippen molar-refractivity contribution < 1.29 is 4.79 Å². The summed E-state index contributed by atoms with van der Waals surface area (Å²) in [7, 11) is 1.73. The van der Waals surface area contributed by atoms with Crippen LogP contribution in [0.5, 0.6) is 0 Å². The first kappa shape index (κ1) is 15.9. The summed E-state index contributed by atoms with van der Waals surface area (Å²) in [5.74, 6) is -0.493. The zero-order chi connectivity index (χ0) is 17.4. The van der Waals surface area contributed by atoms with E-state index in [1.165, 1.54) is 0 Å². The number of hydrogen-bond donors (Lipinski definition) is 1. The summed E-state index contributed by atoms with van der Waals surface area (Å²) in [5, 5.41) is 7.47. The molecule has 0 aliphatic heterocycles. The molecule has 0 aliphatic carbocycles. The third-order valence-electron chi connectivity index (χ3n) is 4.28. The number of hydrogen-bond acceptors (Lipinski definition) is 3. The molecular weight excluding hydrogens is 302 g/mol. The number of anilines is 1. The van der Waals surface area contributed by atoms with E-state index in [-0.39, 0.29) is 11.1 Å². The van der Waals surface area contributed by atoms with Crippen LogP contribution in [0.2, 0.25) is 0 Å². The average Bonchev–Trinajstić information content (AvgIpc) is 2.55. The van der Waals surface area contributed by atoms with Gasteiger partial charge in [0.1, 0.15) is 0 Å². The lowest BCUT2D eigenvalue weighted by Gasteiger charge is -2.11. The lowest BCUT2D eigenvalue weighted by molar-refractivity contribution is 0.101. The minimum atomic E-state index is -0.493. The van der Waals surface area contributed by atoms with Gasteiger partial charge in [-0.05, 0) is 50.1 Å². The number of fused-ring (bicyclic) bond motifs is 1. The van der Waals surface area contributed by atoms with E-state index in [9.17, 15) is 9.59 Å². The predicted octanol–water partition coefficient (Wildman–Crippen LogP) is 3.11. The van der Waals surface area contributed by atoms with Crippen LogP contribution in [0.15, 0.2) is 41.2 Å². The lowest BCUT2D eigenvalue weighted by atomic mass is 10.1. The highest BCUT2D eigenvalue weighted by atomic mass is 16.2. The predicted molar refractivity (Wildman–Crippen MR) is 95.6 cm³/mol. The lowest BCUT2D eigenvalue weighted by Crippen LogP contribution is -2.26. The van der Waals surface area contributed by atoms with E-state index in [0.29, 0.717) is 16.6 Å². The molecule has 1 amide bonds. The van der Waals surface area contributed by atoms with E-state index in [0.717, 1.165) is 16.7 Å². The largest absolute Gasteiger partial charge is 0.320 e. The maximum absolute atomic E-state index is 12.7. The second kappa shape index (κ2) is 5.92. The van der Waals surface area contributed by atoms with Gasteiger partial charge >= 0.3 is 0 Å². The Morgan fingerprint density at radius 2 is 1.88 bits per heavy atom. The van der Waals surface area contributed by atoms with Gasteiger partial charge in [-0.25, -0.2) is 0 Å². The van der Waals surface area contributed by atoms with E-state index < -0.39 is 5.91 Å². The van der Waals surface area contributed by atoms with Crippen molar-refractivity contribution in [1.29, 1.82) is 0 Å². The Morgan fingerprint density at radius 1 is 1.12 bits per heavy atom. The van der Waals surface area contributed by atoms with Gasteiger partial charge in [0.15, 0.2) is 5.69 Å². The summed E-state index contributed by atoms with van der Waals surface area (Å²) < 4.78 is 1.56. The van der Waals surface area contributed by atoms with Crippen molar-refractivity contribution in [3.8, 4) is 0 Å². The van der Waals surface area contributed by atoms with Gasteiger partial charge in [0.05, 0.1) is 10.9 Å². The third kappa shape index (κ3) is 2.69. The molecule has 3 aromatic rings. The van der Waals surface area contributed by atoms with Crippen molar-refractivity contribution >= 4 is 22.5 Å². The summed E-state index contributed by atoms with van der Waals surface area (Å²) >= 11 is 0. The first-order valence-electron chi connectivity index (χ1n) is 7.73. The standard InChI is InChI=1S/C19H19N3O2/c1-11-8-9-16-14(10-11)18(23)17(21-22(16)4)19(24)20-15-7-5-6-12(2)13(15)3/h5-10H,1-4H3,(H,20,24). The molecule has 122 valence electrons. The SMILES string of the molecule is Cc1ccc2c(c1)c(=O)c(C(=O)Nc1cccc(C)c1C)nn2C. The zero-order valence-corrected chi connectivity index (χ0v) is 14.2. The number of amides is 1. The molecule has 2 aromatic carbocycles. The first-order chi connectivity index (χ1) is 11.4. The van der Waals surface area contributed by atoms with Crippen LogP contribution < -0.4 is 10.7 Å². The van der Waals surface area contributed by atoms with Gasteiger partial charge < -0.3 is 5.32 Å². The molecule has 0 aliphatic rings. The molecule has 24 heavy (non-hydrogen) atoms. The second-order valence-electron chi connectivity index (χ2n) is 6.02. The number of carbonyl (C=O) groups is 1. The fourth-order valence-corrected chi connectivity index (χ4v) is 2.71. The topological polar surface area (TPSA) is 64.0 Å². The Balaban J connectivity index is 2.09. The molecule has 0 saturated heterocycles. The van der Waals surface area contributed by atoms with E-state index in [4.69, 9.17) is 0 Å². The Hall–Kier alpha value is -2.95. The van der Waals surface area contributed by atoms with E-state index in [1.807, 2.05) is 51.1 Å². The quantitative estimate of drug-likeness (QED) is 0.789. The summed E-state index contributed by atoms with van der Waals surface area (Å²) in [6.07, 6.45) is 0. The average molecular weight is 321 g/mol. The van der Waals surface area contributed by atoms with Crippen LogP contribution in [0.25, 0.3) is 10.9 Å². The molecule has 1 N–H and O–H groups in total. The Labute approximate surface area is 139 Å². The highest BCUT2D eigenvalue weighted by molar-refractivity contribution is 6.04. The normalized spacial score (nSPS) is 10.8. The maximum atomic E-state index is 12.7. The smallest absolute Gasteiger partial charge is 0.280 e. The third-order valence-corrected chi connectivity index (χ3v) is 4.28. The van der Waals surface area contributed by atoms with Gasteiger partial charge in [-0.1, -0.05) is 23.8 Å². The minimum Gasteiger partial charge on any atom is -0.320 e. The van der Waals surface area contributed by atoms with Crippen molar-refractivity contribution in [3.63, 3.8) is 0 Å². The molecule has 0 unspecified atom stereocenters. The van der Waals surface area contributed by atoms with Crippen LogP contribution in [0.4, 0.5) is 5.69 Å². The Bertz CT molecular complexity index is 1020. The van der Waals surface area contributed by atoms with E-state index in [1.54, 1.807) is 17.8 Å². The first-order valence-corrected chi connectivity index (χ1v) is 7.73. The number of aryl methyl sites for hydroxylation is 3. The fourth-order valence-electron chi connectivity index (χ4n) is 2.71. The number of rotatable bonds is 2. The van der Waals surface area contributed by atoms with Gasteiger partial charge in [0.2, 0.25) is 5.43 Å². The summed E-state index contributed by atoms with van der Waals surface area (Å²) in [4.78, 5) is 25.3. The maximum Gasteiger partial charge on any atom is 0.280 e. The van der Waals surface area contributed by atoms with Crippen LogP contribution in [0.3, 0.4) is 0 Å². The van der Waals surface area contributed by atoms with Gasteiger partial charge in [-0.3, -0.25) is 14.3 Å². The molecule has 1 aromatic heterocycles. The van der Waals surface area contributed by atoms with Crippen LogP contribution in [0.1, 0.15) is 27.2 Å². The summed E-state index contributed by atoms with van der Waals surface area (Å²) in [6, 6.07) is 11.2. The van der Waals surface area contributed by atoms with E-state index >= 15 is 0 Å². The highest BCUT2D eigenvalue weighted by Gasteiger charge is 2.17. The van der Waals surface area contributed by atoms with Crippen LogP contribution in [0, 0.1) is 20.8 Å². The monoisotopic (exact) mass is 321 g/mol. The second-order valence-corrected chi connectivity index (χ2v) is 6.02. The zero-order valence-electron chi connectivity index (χ0n) is 14.2. The van der Waals surface area contributed by atoms with Crippen LogP contribution in [-0.2, 0) is 7.05 Å². The molecule has 5 heteroatoms. The van der Waals surface area contributed by atoms with Gasteiger partial charge in [0, 0.05) is 12.7 Å². The molecule has 0 fully saturated rings. The summed E-state index contributed by atoms with van der Waals surface area (Å²) in [5.41, 5.74) is 3.95. The molecule has 5 nitrogen and oxygen atoms in total. The van der Waals surface area contributed by atoms with Crippen molar-refractivity contribution in [2.75, 3.05) is 5.32 Å². The molecule has 0 spiro atoms. The Kier molecular flexibility index (Phi) is 3.93. The van der Waals surface area contributed by atoms with Crippen molar-refractivity contribution in [3.05, 3.63) is 69.0 Å².